The van der Waals surface area contributed by atoms with Crippen LogP contribution in [0.1, 0.15) is 53.6 Å². The molecule has 0 bridgehead atoms. The predicted octanol–water partition coefficient (Wildman–Crippen LogP) is 5.02. The van der Waals surface area contributed by atoms with E-state index >= 15 is 0 Å². The van der Waals surface area contributed by atoms with Crippen molar-refractivity contribution in [2.75, 3.05) is 0 Å². The number of pyridine rings is 2. The first-order chi connectivity index (χ1) is 19.3. The summed E-state index contributed by atoms with van der Waals surface area (Å²) >= 11 is 0. The summed E-state index contributed by atoms with van der Waals surface area (Å²) in [6.45, 7) is 5.70. The van der Waals surface area contributed by atoms with Crippen molar-refractivity contribution < 1.29 is 28.9 Å². The zero-order valence-corrected chi connectivity index (χ0v) is 22.4. The van der Waals surface area contributed by atoms with E-state index in [2.05, 4.69) is 0 Å². The van der Waals surface area contributed by atoms with Gasteiger partial charge in [-0.2, -0.15) is 0 Å². The van der Waals surface area contributed by atoms with Gasteiger partial charge in [0, 0.05) is 16.5 Å². The number of carbonyl (C=O) groups is 2. The number of ether oxygens (including phenoxy) is 3. The molecule has 204 valence electrons. The maximum atomic E-state index is 13.8. The molecule has 0 saturated carbocycles. The van der Waals surface area contributed by atoms with Crippen molar-refractivity contribution in [2.24, 2.45) is 0 Å². The molecule has 40 heavy (non-hydrogen) atoms. The first-order valence-corrected chi connectivity index (χ1v) is 13.3. The highest BCUT2D eigenvalue weighted by molar-refractivity contribution is 5.90. The van der Waals surface area contributed by atoms with E-state index in [1.807, 2.05) is 38.1 Å². The Bertz CT molecular complexity index is 1760. The summed E-state index contributed by atoms with van der Waals surface area (Å²) in [5.41, 5.74) is 3.92. The number of fused-ring (bicyclic) bond motifs is 5. The summed E-state index contributed by atoms with van der Waals surface area (Å²) in [5.74, 6) is -0.615. The van der Waals surface area contributed by atoms with Crippen molar-refractivity contribution in [1.82, 2.24) is 9.55 Å². The first-order valence-electron chi connectivity index (χ1n) is 13.3. The molecule has 2 aromatic heterocycles. The number of aromatic hydroxyl groups is 1. The Morgan fingerprint density at radius 1 is 1.10 bits per heavy atom. The molecule has 4 aromatic rings. The quantitative estimate of drug-likeness (QED) is 0.309. The molecule has 0 amide bonds. The van der Waals surface area contributed by atoms with Gasteiger partial charge in [-0.25, -0.2) is 14.6 Å². The zero-order valence-electron chi connectivity index (χ0n) is 22.4. The van der Waals surface area contributed by atoms with Gasteiger partial charge in [0.05, 0.1) is 29.0 Å². The third-order valence-corrected chi connectivity index (χ3v) is 7.85. The van der Waals surface area contributed by atoms with Crippen molar-refractivity contribution in [1.29, 1.82) is 0 Å². The second kappa shape index (κ2) is 9.51. The Morgan fingerprint density at radius 3 is 2.60 bits per heavy atom. The van der Waals surface area contributed by atoms with E-state index in [4.69, 9.17) is 19.2 Å². The maximum Gasteiger partial charge on any atom is 0.510 e. The van der Waals surface area contributed by atoms with Crippen molar-refractivity contribution in [3.8, 4) is 17.1 Å². The molecule has 2 aromatic carbocycles. The molecule has 0 radical (unpaired) electrons. The molecule has 2 aliphatic heterocycles. The molecule has 0 spiro atoms. The van der Waals surface area contributed by atoms with Crippen LogP contribution in [0, 0.1) is 6.92 Å². The number of phenols is 1. The molecule has 9 heteroatoms. The molecule has 4 heterocycles. The Morgan fingerprint density at radius 2 is 1.88 bits per heavy atom. The van der Waals surface area contributed by atoms with Gasteiger partial charge >= 0.3 is 12.1 Å². The average molecular weight is 541 g/mol. The highest BCUT2D eigenvalue weighted by Crippen LogP contribution is 2.42. The standard InChI is InChI=1S/C31H28N2O7/c1-4-20-21-12-19(34)10-11-25(21)32-27-22(20)14-33-26(27)13-24-23(28(33)35)16-38-29(36)31(24,5-2)40-30(37)39-15-18-8-6-17(3)7-9-18/h6-13,34H,4-5,14-16H2,1-3H3/t31-/m0/s1. The molecule has 0 fully saturated rings. The molecular weight excluding hydrogens is 512 g/mol. The fraction of sp³-hybridized carbons (Fsp3) is 0.290. The number of hydrogen-bond acceptors (Lipinski definition) is 8. The smallest absolute Gasteiger partial charge is 0.508 e. The van der Waals surface area contributed by atoms with Gasteiger partial charge in [0.25, 0.3) is 5.56 Å². The van der Waals surface area contributed by atoms with E-state index in [1.54, 1.807) is 35.8 Å². The molecule has 1 N–H and O–H groups in total. The third kappa shape index (κ3) is 3.92. The highest BCUT2D eigenvalue weighted by Gasteiger charge is 2.51. The lowest BCUT2D eigenvalue weighted by Gasteiger charge is -2.35. The molecule has 9 nitrogen and oxygen atoms in total. The van der Waals surface area contributed by atoms with Crippen LogP contribution in [0.2, 0.25) is 0 Å². The fourth-order valence-corrected chi connectivity index (χ4v) is 5.71. The van der Waals surface area contributed by atoms with Crippen LogP contribution in [0.25, 0.3) is 22.3 Å². The minimum atomic E-state index is -1.84. The second-order valence-electron chi connectivity index (χ2n) is 10.2. The molecule has 0 unspecified atom stereocenters. The molecule has 1 atom stereocenters. The fourth-order valence-electron chi connectivity index (χ4n) is 5.71. The van der Waals surface area contributed by atoms with Crippen molar-refractivity contribution in [3.05, 3.63) is 92.3 Å². The molecule has 0 aliphatic carbocycles. The summed E-state index contributed by atoms with van der Waals surface area (Å²) in [6, 6.07) is 14.2. The summed E-state index contributed by atoms with van der Waals surface area (Å²) in [4.78, 5) is 44.7. The minimum absolute atomic E-state index is 0.0343. The number of aryl methyl sites for hydroxylation is 2. The highest BCUT2D eigenvalue weighted by atomic mass is 16.7. The van der Waals surface area contributed by atoms with Crippen LogP contribution in [0.15, 0.2) is 53.3 Å². The van der Waals surface area contributed by atoms with Crippen molar-refractivity contribution in [3.63, 3.8) is 0 Å². The minimum Gasteiger partial charge on any atom is -0.508 e. The largest absolute Gasteiger partial charge is 0.510 e. The van der Waals surface area contributed by atoms with Gasteiger partial charge in [0.1, 0.15) is 19.0 Å². The van der Waals surface area contributed by atoms with E-state index in [9.17, 15) is 19.5 Å². The summed E-state index contributed by atoms with van der Waals surface area (Å²) < 4.78 is 18.1. The lowest BCUT2D eigenvalue weighted by atomic mass is 9.85. The zero-order chi connectivity index (χ0) is 28.2. The Kier molecular flexibility index (Phi) is 6.09. The number of rotatable bonds is 5. The maximum absolute atomic E-state index is 13.8. The summed E-state index contributed by atoms with van der Waals surface area (Å²) in [6.07, 6.45) is -0.326. The van der Waals surface area contributed by atoms with Crippen molar-refractivity contribution in [2.45, 2.75) is 59.0 Å². The van der Waals surface area contributed by atoms with Gasteiger partial charge < -0.3 is 23.9 Å². The Labute approximate surface area is 229 Å². The number of aromatic nitrogens is 2. The van der Waals surface area contributed by atoms with Crippen LogP contribution in [-0.2, 0) is 50.8 Å². The van der Waals surface area contributed by atoms with Gasteiger partial charge in [-0.05, 0) is 55.2 Å². The molecule has 2 aliphatic rings. The van der Waals surface area contributed by atoms with Gasteiger partial charge in [-0.1, -0.05) is 43.7 Å². The summed E-state index contributed by atoms with van der Waals surface area (Å²) in [7, 11) is 0. The summed E-state index contributed by atoms with van der Waals surface area (Å²) in [5, 5.41) is 10.9. The van der Waals surface area contributed by atoms with Gasteiger partial charge in [-0.3, -0.25) is 4.79 Å². The average Bonchev–Trinajstić information content (AvgIpc) is 3.31. The molecule has 0 saturated heterocycles. The lowest BCUT2D eigenvalue weighted by molar-refractivity contribution is -0.175. The van der Waals surface area contributed by atoms with Crippen LogP contribution in [0.5, 0.6) is 5.75 Å². The van der Waals surface area contributed by atoms with Crippen LogP contribution < -0.4 is 5.56 Å². The Hall–Kier alpha value is -4.66. The molecule has 6 rings (SSSR count). The normalized spacial score (nSPS) is 17.1. The third-order valence-electron chi connectivity index (χ3n) is 7.85. The molecular formula is C31H28N2O7. The number of cyclic esters (lactones) is 1. The van der Waals surface area contributed by atoms with Crippen LogP contribution in [0.3, 0.4) is 0 Å². The lowest BCUT2D eigenvalue weighted by Crippen LogP contribution is -2.47. The SMILES string of the molecule is CCc1c2c(nc3ccc(O)cc13)-c1cc3c(c(=O)n1C2)COC(=O)[C@@]3(CC)OC(=O)OCc1ccc(C)cc1. The van der Waals surface area contributed by atoms with E-state index in [-0.39, 0.29) is 42.1 Å². The number of phenolic OH excluding ortho intramolecular Hbond substituents is 1. The monoisotopic (exact) mass is 540 g/mol. The van der Waals surface area contributed by atoms with E-state index in [0.29, 0.717) is 29.9 Å². The number of carbonyl (C=O) groups excluding carboxylic acids is 2. The van der Waals surface area contributed by atoms with Gasteiger partial charge in [0.15, 0.2) is 0 Å². The van der Waals surface area contributed by atoms with Crippen LogP contribution in [-0.4, -0.2) is 26.8 Å². The van der Waals surface area contributed by atoms with Crippen molar-refractivity contribution >= 4 is 23.0 Å². The number of hydrogen-bond donors (Lipinski definition) is 1. The van der Waals surface area contributed by atoms with Crippen LogP contribution in [0.4, 0.5) is 4.79 Å². The number of esters is 1. The van der Waals surface area contributed by atoms with Gasteiger partial charge in [-0.15, -0.1) is 0 Å². The second-order valence-corrected chi connectivity index (χ2v) is 10.2. The van der Waals surface area contributed by atoms with E-state index in [0.717, 1.165) is 27.6 Å². The first kappa shape index (κ1) is 25.6. The van der Waals surface area contributed by atoms with E-state index < -0.39 is 17.7 Å². The Balaban J connectivity index is 1.43. The number of nitrogens with zero attached hydrogens (tertiary/aromatic N) is 2. The van der Waals surface area contributed by atoms with E-state index in [1.165, 1.54) is 0 Å². The van der Waals surface area contributed by atoms with Crippen LogP contribution >= 0.6 is 0 Å². The topological polar surface area (TPSA) is 117 Å². The number of benzene rings is 2. The predicted molar refractivity (Wildman–Crippen MR) is 146 cm³/mol. The van der Waals surface area contributed by atoms with Gasteiger partial charge in [0.2, 0.25) is 5.60 Å².